The standard InChI is InChI=1S/C31H20O2.C2H6/c32-31(27-14-6-2-10-22(27)23-11-3-7-15-28(23)31)26-13-5-1-9-21(26)20-17-18-25-24-12-4-8-16-29(24)33-30(25)19-20;1-2/h1-19,32H;1-2H3. The van der Waals surface area contributed by atoms with Gasteiger partial charge in [-0.05, 0) is 40.5 Å². The lowest BCUT2D eigenvalue weighted by molar-refractivity contribution is 0.131. The van der Waals surface area contributed by atoms with Gasteiger partial charge in [0.25, 0.3) is 0 Å². The normalized spacial score (nSPS) is 13.2. The average Bonchev–Trinajstić information content (AvgIpc) is 3.43. The molecular weight excluding hydrogens is 428 g/mol. The summed E-state index contributed by atoms with van der Waals surface area (Å²) >= 11 is 0. The van der Waals surface area contributed by atoms with Gasteiger partial charge in [0.1, 0.15) is 16.8 Å². The van der Waals surface area contributed by atoms with E-state index in [1.54, 1.807) is 0 Å². The Morgan fingerprint density at radius 1 is 0.514 bits per heavy atom. The number of hydrogen-bond donors (Lipinski definition) is 1. The first-order chi connectivity index (χ1) is 17.2. The van der Waals surface area contributed by atoms with Crippen molar-refractivity contribution in [2.45, 2.75) is 19.4 Å². The average molecular weight is 455 g/mol. The summed E-state index contributed by atoms with van der Waals surface area (Å²) in [5, 5.41) is 14.6. The summed E-state index contributed by atoms with van der Waals surface area (Å²) in [4.78, 5) is 0. The van der Waals surface area contributed by atoms with Crippen molar-refractivity contribution < 1.29 is 9.52 Å². The van der Waals surface area contributed by atoms with Gasteiger partial charge in [-0.3, -0.25) is 0 Å². The van der Waals surface area contributed by atoms with Gasteiger partial charge in [0.15, 0.2) is 0 Å². The molecule has 0 aliphatic heterocycles. The summed E-state index contributed by atoms with van der Waals surface area (Å²) in [5.41, 5.74) is 7.40. The maximum absolute atomic E-state index is 12.4. The second-order valence-electron chi connectivity index (χ2n) is 8.66. The summed E-state index contributed by atoms with van der Waals surface area (Å²) in [6.45, 7) is 4.00. The smallest absolute Gasteiger partial charge is 0.142 e. The molecule has 0 unspecified atom stereocenters. The number of hydrogen-bond acceptors (Lipinski definition) is 2. The fourth-order valence-electron chi connectivity index (χ4n) is 5.45. The van der Waals surface area contributed by atoms with Gasteiger partial charge < -0.3 is 9.52 Å². The quantitative estimate of drug-likeness (QED) is 0.284. The Hall–Kier alpha value is -4.14. The van der Waals surface area contributed by atoms with E-state index in [9.17, 15) is 5.11 Å². The Kier molecular flexibility index (Phi) is 5.05. The number of benzene rings is 5. The Balaban J connectivity index is 0.00000112. The van der Waals surface area contributed by atoms with Crippen LogP contribution >= 0.6 is 0 Å². The van der Waals surface area contributed by atoms with Crippen LogP contribution in [-0.4, -0.2) is 5.11 Å². The van der Waals surface area contributed by atoms with Crippen molar-refractivity contribution in [1.29, 1.82) is 0 Å². The van der Waals surface area contributed by atoms with Crippen LogP contribution in [0.25, 0.3) is 44.2 Å². The van der Waals surface area contributed by atoms with E-state index in [4.69, 9.17) is 4.42 Å². The van der Waals surface area contributed by atoms with Crippen molar-refractivity contribution in [3.63, 3.8) is 0 Å². The van der Waals surface area contributed by atoms with Gasteiger partial charge in [-0.2, -0.15) is 0 Å². The molecular formula is C33H26O2. The number of para-hydroxylation sites is 1. The van der Waals surface area contributed by atoms with Crippen molar-refractivity contribution in [3.05, 3.63) is 132 Å². The van der Waals surface area contributed by atoms with E-state index < -0.39 is 5.60 Å². The van der Waals surface area contributed by atoms with Crippen LogP contribution in [-0.2, 0) is 5.60 Å². The SMILES string of the molecule is CC.OC1(c2ccccc2-c2ccc3c(c2)oc2ccccc23)c2ccccc2-c2ccccc21. The van der Waals surface area contributed by atoms with Crippen LogP contribution in [0.3, 0.4) is 0 Å². The molecule has 1 N–H and O–H groups in total. The topological polar surface area (TPSA) is 33.4 Å². The zero-order chi connectivity index (χ0) is 24.0. The first-order valence-electron chi connectivity index (χ1n) is 12.2. The first-order valence-corrected chi connectivity index (χ1v) is 12.2. The Labute approximate surface area is 205 Å². The Morgan fingerprint density at radius 3 is 1.66 bits per heavy atom. The number of fused-ring (bicyclic) bond motifs is 6. The summed E-state index contributed by atoms with van der Waals surface area (Å²) < 4.78 is 6.16. The summed E-state index contributed by atoms with van der Waals surface area (Å²) in [6.07, 6.45) is 0. The van der Waals surface area contributed by atoms with Crippen LogP contribution in [0.1, 0.15) is 30.5 Å². The maximum Gasteiger partial charge on any atom is 0.142 e. The van der Waals surface area contributed by atoms with Gasteiger partial charge >= 0.3 is 0 Å². The minimum Gasteiger partial charge on any atom is -0.456 e. The third kappa shape index (κ3) is 3.07. The molecule has 0 fully saturated rings. The van der Waals surface area contributed by atoms with Crippen molar-refractivity contribution in [1.82, 2.24) is 0 Å². The Bertz CT molecular complexity index is 1640. The molecule has 0 amide bonds. The molecule has 1 aliphatic carbocycles. The van der Waals surface area contributed by atoms with Gasteiger partial charge in [0.2, 0.25) is 0 Å². The van der Waals surface area contributed by atoms with Gasteiger partial charge in [0, 0.05) is 27.5 Å². The largest absolute Gasteiger partial charge is 0.456 e. The fourth-order valence-corrected chi connectivity index (χ4v) is 5.45. The van der Waals surface area contributed by atoms with Crippen LogP contribution in [0, 0.1) is 0 Å². The zero-order valence-corrected chi connectivity index (χ0v) is 19.8. The molecule has 0 bridgehead atoms. The van der Waals surface area contributed by atoms with E-state index >= 15 is 0 Å². The van der Waals surface area contributed by atoms with Gasteiger partial charge in [-0.1, -0.05) is 111 Å². The highest BCUT2D eigenvalue weighted by atomic mass is 16.3. The van der Waals surface area contributed by atoms with E-state index in [0.717, 1.165) is 60.9 Å². The third-order valence-electron chi connectivity index (χ3n) is 6.93. The lowest BCUT2D eigenvalue weighted by atomic mass is 9.80. The third-order valence-corrected chi connectivity index (χ3v) is 6.93. The molecule has 1 aliphatic rings. The molecule has 0 spiro atoms. The van der Waals surface area contributed by atoms with E-state index in [0.29, 0.717) is 0 Å². The van der Waals surface area contributed by atoms with E-state index in [2.05, 4.69) is 42.5 Å². The fraction of sp³-hybridized carbons (Fsp3) is 0.0909. The van der Waals surface area contributed by atoms with Gasteiger partial charge in [-0.15, -0.1) is 0 Å². The molecule has 6 aromatic rings. The molecule has 170 valence electrons. The van der Waals surface area contributed by atoms with Gasteiger partial charge in [-0.25, -0.2) is 0 Å². The summed E-state index contributed by atoms with van der Waals surface area (Å²) in [6, 6.07) is 38.9. The molecule has 5 aromatic carbocycles. The molecule has 0 atom stereocenters. The predicted octanol–water partition coefficient (Wildman–Crippen LogP) is 8.54. The number of furan rings is 1. The molecule has 2 nitrogen and oxygen atoms in total. The lowest BCUT2D eigenvalue weighted by Crippen LogP contribution is -2.27. The molecule has 0 radical (unpaired) electrons. The molecule has 0 saturated carbocycles. The van der Waals surface area contributed by atoms with Crippen LogP contribution in [0.4, 0.5) is 0 Å². The van der Waals surface area contributed by atoms with Crippen molar-refractivity contribution in [2.24, 2.45) is 0 Å². The van der Waals surface area contributed by atoms with Crippen LogP contribution in [0.2, 0.25) is 0 Å². The highest BCUT2D eigenvalue weighted by Gasteiger charge is 2.44. The lowest BCUT2D eigenvalue weighted by Gasteiger charge is -2.29. The molecule has 1 aromatic heterocycles. The second-order valence-corrected chi connectivity index (χ2v) is 8.66. The predicted molar refractivity (Wildman–Crippen MR) is 144 cm³/mol. The highest BCUT2D eigenvalue weighted by Crippen LogP contribution is 2.52. The molecule has 2 heteroatoms. The minimum absolute atomic E-state index is 0.850. The molecule has 7 rings (SSSR count). The Morgan fingerprint density at radius 2 is 1.00 bits per heavy atom. The summed E-state index contributed by atoms with van der Waals surface area (Å²) in [5.74, 6) is 0. The second kappa shape index (κ2) is 8.26. The van der Waals surface area contributed by atoms with Crippen molar-refractivity contribution >= 4 is 21.9 Å². The minimum atomic E-state index is -1.23. The monoisotopic (exact) mass is 454 g/mol. The van der Waals surface area contributed by atoms with Crippen LogP contribution in [0.15, 0.2) is 120 Å². The van der Waals surface area contributed by atoms with Crippen LogP contribution in [0.5, 0.6) is 0 Å². The van der Waals surface area contributed by atoms with Crippen molar-refractivity contribution in [2.75, 3.05) is 0 Å². The summed E-state index contributed by atoms with van der Waals surface area (Å²) in [7, 11) is 0. The molecule has 1 heterocycles. The van der Waals surface area contributed by atoms with E-state index in [1.165, 1.54) is 0 Å². The first kappa shape index (κ1) is 21.4. The molecule has 0 saturated heterocycles. The van der Waals surface area contributed by atoms with E-state index in [1.807, 2.05) is 86.6 Å². The maximum atomic E-state index is 12.4. The van der Waals surface area contributed by atoms with Gasteiger partial charge in [0.05, 0.1) is 0 Å². The zero-order valence-electron chi connectivity index (χ0n) is 19.8. The van der Waals surface area contributed by atoms with E-state index in [-0.39, 0.29) is 0 Å². The highest BCUT2D eigenvalue weighted by molar-refractivity contribution is 6.06. The van der Waals surface area contributed by atoms with Crippen LogP contribution < -0.4 is 0 Å². The number of rotatable bonds is 2. The molecule has 35 heavy (non-hydrogen) atoms. The van der Waals surface area contributed by atoms with Crippen molar-refractivity contribution in [3.8, 4) is 22.3 Å². The number of aliphatic hydroxyl groups is 1.